The molecular weight excluding hydrogens is 401 g/mol. The molecule has 1 amide bonds. The molecule has 0 saturated carbocycles. The van der Waals surface area contributed by atoms with E-state index in [1.807, 2.05) is 36.4 Å². The quantitative estimate of drug-likeness (QED) is 0.603. The molecule has 3 nitrogen and oxygen atoms in total. The molecule has 2 N–H and O–H groups in total. The van der Waals surface area contributed by atoms with Gasteiger partial charge in [-0.2, -0.15) is 0 Å². The van der Waals surface area contributed by atoms with Crippen molar-refractivity contribution < 1.29 is 13.6 Å². The van der Waals surface area contributed by atoms with E-state index in [0.29, 0.717) is 16.7 Å². The average molecular weight is 419 g/mol. The van der Waals surface area contributed by atoms with Crippen molar-refractivity contribution in [2.75, 3.05) is 20.1 Å². The Labute approximate surface area is 137 Å². The maximum atomic E-state index is 13.2. The molecule has 1 aromatic carbocycles. The van der Waals surface area contributed by atoms with Gasteiger partial charge in [-0.05, 0) is 46.7 Å². The predicted octanol–water partition coefficient (Wildman–Crippen LogP) is 3.05. The van der Waals surface area contributed by atoms with Gasteiger partial charge in [0.1, 0.15) is 0 Å². The van der Waals surface area contributed by atoms with Crippen molar-refractivity contribution >= 4 is 40.9 Å². The van der Waals surface area contributed by atoms with E-state index in [1.165, 1.54) is 4.90 Å². The Morgan fingerprint density at radius 3 is 2.35 bits per heavy atom. The number of nitrogens with two attached hydrogens (primary N) is 1. The number of nitrogens with zero attached hydrogens (tertiary/aromatic N) is 1. The van der Waals surface area contributed by atoms with E-state index in [-0.39, 0.29) is 29.3 Å². The van der Waals surface area contributed by atoms with Gasteiger partial charge in [0.15, 0.2) is 11.6 Å². The highest BCUT2D eigenvalue weighted by atomic mass is 127. The highest BCUT2D eigenvalue weighted by Crippen LogP contribution is 2.20. The van der Waals surface area contributed by atoms with E-state index in [4.69, 9.17) is 5.73 Å². The number of carbonyl (C=O) groups excluding carboxylic acids is 1. The number of rotatable bonds is 4. The molecule has 0 radical (unpaired) electrons. The van der Waals surface area contributed by atoms with Crippen molar-refractivity contribution in [3.8, 4) is 0 Å². The lowest BCUT2D eigenvalue weighted by Gasteiger charge is -2.29. The Bertz CT molecular complexity index is 498. The van der Waals surface area contributed by atoms with Crippen LogP contribution in [0, 0.1) is 20.6 Å². The topological polar surface area (TPSA) is 46.3 Å². The molecule has 0 spiro atoms. The summed E-state index contributed by atoms with van der Waals surface area (Å²) in [6.45, 7) is 4.75. The van der Waals surface area contributed by atoms with Gasteiger partial charge in [0.05, 0.1) is 5.56 Å². The van der Waals surface area contributed by atoms with Crippen molar-refractivity contribution in [1.82, 2.24) is 4.90 Å². The lowest BCUT2D eigenvalue weighted by atomic mass is 9.93. The van der Waals surface area contributed by atoms with Crippen LogP contribution in [-0.2, 0) is 0 Å². The fourth-order valence-electron chi connectivity index (χ4n) is 1.67. The zero-order valence-electron chi connectivity index (χ0n) is 11.5. The molecular formula is C13H18ClF2IN2O. The van der Waals surface area contributed by atoms with Gasteiger partial charge in [-0.3, -0.25) is 4.79 Å². The Hall–Kier alpha value is -0.470. The van der Waals surface area contributed by atoms with E-state index < -0.39 is 11.6 Å². The van der Waals surface area contributed by atoms with Gasteiger partial charge in [-0.1, -0.05) is 13.8 Å². The van der Waals surface area contributed by atoms with Gasteiger partial charge in [-0.15, -0.1) is 12.4 Å². The molecule has 0 saturated heterocycles. The lowest BCUT2D eigenvalue weighted by Crippen LogP contribution is -2.40. The number of hydrogen-bond donors (Lipinski definition) is 1. The van der Waals surface area contributed by atoms with E-state index >= 15 is 0 Å². The summed E-state index contributed by atoms with van der Waals surface area (Å²) >= 11 is 1.82. The largest absolute Gasteiger partial charge is 0.341 e. The van der Waals surface area contributed by atoms with Crippen LogP contribution < -0.4 is 5.73 Å². The van der Waals surface area contributed by atoms with Crippen LogP contribution in [0.5, 0.6) is 0 Å². The van der Waals surface area contributed by atoms with Crippen molar-refractivity contribution in [2.45, 2.75) is 13.8 Å². The summed E-state index contributed by atoms with van der Waals surface area (Å²) < 4.78 is 26.6. The normalized spacial score (nSPS) is 10.9. The first kappa shape index (κ1) is 19.5. The van der Waals surface area contributed by atoms with Crippen LogP contribution in [0.25, 0.3) is 0 Å². The summed E-state index contributed by atoms with van der Waals surface area (Å²) in [5.74, 6) is -2.31. The second kappa shape index (κ2) is 7.51. The summed E-state index contributed by atoms with van der Waals surface area (Å²) in [4.78, 5) is 13.7. The Morgan fingerprint density at radius 1 is 1.35 bits per heavy atom. The fraction of sp³-hybridized carbons (Fsp3) is 0.462. The second-order valence-electron chi connectivity index (χ2n) is 5.28. The van der Waals surface area contributed by atoms with Crippen LogP contribution in [0.3, 0.4) is 0 Å². The molecule has 0 aliphatic heterocycles. The van der Waals surface area contributed by atoms with Gasteiger partial charge in [-0.25, -0.2) is 8.78 Å². The fourth-order valence-corrected chi connectivity index (χ4v) is 2.33. The molecule has 20 heavy (non-hydrogen) atoms. The van der Waals surface area contributed by atoms with Crippen LogP contribution >= 0.6 is 35.0 Å². The van der Waals surface area contributed by atoms with E-state index in [1.54, 1.807) is 7.05 Å². The number of hydrogen-bond acceptors (Lipinski definition) is 2. The number of benzene rings is 1. The average Bonchev–Trinajstić information content (AvgIpc) is 2.32. The van der Waals surface area contributed by atoms with Gasteiger partial charge < -0.3 is 10.6 Å². The van der Waals surface area contributed by atoms with Gasteiger partial charge in [0.2, 0.25) is 0 Å². The molecule has 1 rings (SSSR count). The first-order valence-electron chi connectivity index (χ1n) is 5.78. The van der Waals surface area contributed by atoms with Crippen LogP contribution in [0.15, 0.2) is 12.1 Å². The number of halogens is 4. The summed E-state index contributed by atoms with van der Waals surface area (Å²) in [6, 6.07) is 1.95. The molecule has 0 aliphatic carbocycles. The molecule has 0 heterocycles. The van der Waals surface area contributed by atoms with E-state index in [9.17, 15) is 13.6 Å². The SMILES string of the molecule is CN(CC(C)(C)CN)C(=O)c1cc(F)c(F)cc1I.Cl. The van der Waals surface area contributed by atoms with Crippen LogP contribution in [0.1, 0.15) is 24.2 Å². The summed E-state index contributed by atoms with van der Waals surface area (Å²) in [7, 11) is 1.62. The third kappa shape index (κ3) is 4.82. The monoisotopic (exact) mass is 418 g/mol. The summed E-state index contributed by atoms with van der Waals surface area (Å²) in [6.07, 6.45) is 0. The highest BCUT2D eigenvalue weighted by Gasteiger charge is 2.24. The minimum atomic E-state index is -1.02. The zero-order valence-corrected chi connectivity index (χ0v) is 14.5. The lowest BCUT2D eigenvalue weighted by molar-refractivity contribution is 0.0739. The zero-order chi connectivity index (χ0) is 14.8. The van der Waals surface area contributed by atoms with Crippen LogP contribution in [0.2, 0.25) is 0 Å². The van der Waals surface area contributed by atoms with Gasteiger partial charge in [0, 0.05) is 17.2 Å². The molecule has 0 bridgehead atoms. The van der Waals surface area contributed by atoms with Gasteiger partial charge in [0.25, 0.3) is 5.91 Å². The number of carbonyl (C=O) groups is 1. The maximum absolute atomic E-state index is 13.2. The molecule has 0 atom stereocenters. The Balaban J connectivity index is 0.00000361. The van der Waals surface area contributed by atoms with Crippen LogP contribution in [-0.4, -0.2) is 30.9 Å². The molecule has 0 unspecified atom stereocenters. The smallest absolute Gasteiger partial charge is 0.254 e. The van der Waals surface area contributed by atoms with Crippen LogP contribution in [0.4, 0.5) is 8.78 Å². The van der Waals surface area contributed by atoms with Gasteiger partial charge >= 0.3 is 0 Å². The Kier molecular flexibility index (Phi) is 7.34. The van der Waals surface area contributed by atoms with Crippen molar-refractivity contribution in [3.63, 3.8) is 0 Å². The third-order valence-electron chi connectivity index (χ3n) is 2.80. The molecule has 114 valence electrons. The number of amides is 1. The summed E-state index contributed by atoms with van der Waals surface area (Å²) in [5.41, 5.74) is 5.55. The molecule has 0 aliphatic rings. The maximum Gasteiger partial charge on any atom is 0.254 e. The first-order valence-corrected chi connectivity index (χ1v) is 6.86. The minimum Gasteiger partial charge on any atom is -0.341 e. The predicted molar refractivity (Wildman–Crippen MR) is 86.1 cm³/mol. The minimum absolute atomic E-state index is 0. The van der Waals surface area contributed by atoms with Crippen molar-refractivity contribution in [2.24, 2.45) is 11.1 Å². The Morgan fingerprint density at radius 2 is 1.85 bits per heavy atom. The summed E-state index contributed by atoms with van der Waals surface area (Å²) in [5, 5.41) is 0. The van der Waals surface area contributed by atoms with Crippen molar-refractivity contribution in [3.05, 3.63) is 32.9 Å². The van der Waals surface area contributed by atoms with E-state index in [2.05, 4.69) is 0 Å². The third-order valence-corrected chi connectivity index (χ3v) is 3.70. The van der Waals surface area contributed by atoms with Crippen molar-refractivity contribution in [1.29, 1.82) is 0 Å². The molecule has 0 fully saturated rings. The molecule has 7 heteroatoms. The van der Waals surface area contributed by atoms with E-state index in [0.717, 1.165) is 12.1 Å². The molecule has 0 aromatic heterocycles. The first-order chi connectivity index (χ1) is 8.68. The standard InChI is InChI=1S/C13H17F2IN2O.ClH/c1-13(2,6-17)7-18(3)12(19)8-4-9(14)10(15)5-11(8)16;/h4-5H,6-7,17H2,1-3H3;1H. The highest BCUT2D eigenvalue weighted by molar-refractivity contribution is 14.1. The molecule has 1 aromatic rings. The second-order valence-corrected chi connectivity index (χ2v) is 6.44.